The van der Waals surface area contributed by atoms with Crippen molar-refractivity contribution in [3.05, 3.63) is 0 Å². The minimum absolute atomic E-state index is 0.874. The van der Waals surface area contributed by atoms with E-state index in [0.717, 1.165) is 0 Å². The van der Waals surface area contributed by atoms with Gasteiger partial charge in [0, 0.05) is 0 Å². The van der Waals surface area contributed by atoms with Gasteiger partial charge in [-0.05, 0) is 0 Å². The van der Waals surface area contributed by atoms with Gasteiger partial charge in [0.2, 0.25) is 0 Å². The molecule has 8 heterocycles. The largest absolute Gasteiger partial charge is 0.394 e. The molecule has 8 saturated heterocycles. The topological polar surface area (TPSA) is 664 Å². The second kappa shape index (κ2) is 31.5. The maximum Gasteiger partial charge on any atom is 0.187 e. The first kappa shape index (κ1) is 73.2. The summed E-state index contributed by atoms with van der Waals surface area (Å²) in [6.45, 7) is -7.59. The first-order valence-corrected chi connectivity index (χ1v) is 28.2. The predicted molar refractivity (Wildman–Crippen MR) is 264 cm³/mol. The van der Waals surface area contributed by atoms with E-state index in [4.69, 9.17) is 71.1 Å². The molecule has 89 heavy (non-hydrogen) atoms. The summed E-state index contributed by atoms with van der Waals surface area (Å²) >= 11 is 0. The lowest BCUT2D eigenvalue weighted by Gasteiger charge is -2.48. The Morgan fingerprint density at radius 1 is 0.191 bits per heavy atom. The van der Waals surface area contributed by atoms with Crippen molar-refractivity contribution in [3.63, 3.8) is 0 Å². The van der Waals surface area contributed by atoms with Crippen LogP contribution in [0, 0.1) is 0 Å². The molecule has 0 aromatic rings. The molecule has 0 radical (unpaired) electrons. The van der Waals surface area contributed by atoms with Gasteiger partial charge in [-0.15, -0.1) is 0 Å². The maximum atomic E-state index is 11.8. The lowest BCUT2D eigenvalue weighted by Crippen LogP contribution is -2.67. The third-order valence-corrected chi connectivity index (χ3v) is 16.6. The molecule has 0 aliphatic carbocycles. The zero-order valence-electron chi connectivity index (χ0n) is 46.5. The minimum Gasteiger partial charge on any atom is -0.394 e. The van der Waals surface area contributed by atoms with Crippen LogP contribution in [0.4, 0.5) is 0 Å². The molecule has 0 amide bonds. The van der Waals surface area contributed by atoms with Crippen LogP contribution in [0.2, 0.25) is 0 Å². The van der Waals surface area contributed by atoms with Crippen LogP contribution in [0.3, 0.4) is 0 Å². The van der Waals surface area contributed by atoms with Crippen LogP contribution in [0.25, 0.3) is 0 Å². The van der Waals surface area contributed by atoms with Crippen LogP contribution in [-0.2, 0) is 71.1 Å². The first-order chi connectivity index (χ1) is 42.1. The van der Waals surface area contributed by atoms with Crippen LogP contribution >= 0.6 is 0 Å². The summed E-state index contributed by atoms with van der Waals surface area (Å²) < 4.78 is 83.9. The SMILES string of the molecule is OC[C@H]1O[C@@H](OC[C@H]2O[C@@H](OC[C@H]3O[C@@H](OC[C@H]4O[C@@H](OC[C@H]5OC(O)[C@H](O)[C@@H](O)[C@@H]5O)[C@H](O)[C@@H](O[C@@H]5O[C@H](CO)[C@@H](O)[C@H](O[C@@H]6O[C@H](CO)[C@@H](O)[C@H](O)[C@H]6O)[C@H]5O)[C@@H]4O)[C@H](O)[C@@H](O)[C@@H]3O)[C@H](O)[C@@H](O[C@@H]3O[C@H](CO)[C@@H](O)[C@H](O)[C@H]3O)[C@@H]2O)[C@H](O)[C@@H](O)[C@@H]1O. The fraction of sp³-hybridized carbons (Fsp3) is 1.00. The zero-order chi connectivity index (χ0) is 65.4. The van der Waals surface area contributed by atoms with E-state index < -0.39 is 299 Å². The molecule has 40 atom stereocenters. The summed E-state index contributed by atoms with van der Waals surface area (Å²) in [7, 11) is 0. The van der Waals surface area contributed by atoms with Crippen LogP contribution in [-0.4, -0.2) is 431 Å². The molecule has 1 unspecified atom stereocenters. The second-order valence-corrected chi connectivity index (χ2v) is 22.5. The molecule has 0 aromatic heterocycles. The number of ether oxygens (including phenoxy) is 15. The third kappa shape index (κ3) is 15.6. The van der Waals surface area contributed by atoms with Crippen LogP contribution < -0.4 is 0 Å². The van der Waals surface area contributed by atoms with Crippen molar-refractivity contribution in [3.8, 4) is 0 Å². The summed E-state index contributed by atoms with van der Waals surface area (Å²) in [4.78, 5) is 0. The van der Waals surface area contributed by atoms with E-state index in [9.17, 15) is 133 Å². The molecule has 0 bridgehead atoms. The summed E-state index contributed by atoms with van der Waals surface area (Å²) in [5.74, 6) is 0. The molecule has 41 heteroatoms. The summed E-state index contributed by atoms with van der Waals surface area (Å²) in [5, 5.41) is 277. The Morgan fingerprint density at radius 3 is 0.719 bits per heavy atom. The normalized spacial score (nSPS) is 53.6. The fourth-order valence-corrected chi connectivity index (χ4v) is 11.1. The Labute approximate surface area is 501 Å². The van der Waals surface area contributed by atoms with Crippen molar-refractivity contribution in [2.45, 2.75) is 246 Å². The van der Waals surface area contributed by atoms with Crippen molar-refractivity contribution in [2.24, 2.45) is 0 Å². The number of hydrogen-bond acceptors (Lipinski definition) is 41. The Balaban J connectivity index is 0.985. The van der Waals surface area contributed by atoms with E-state index in [2.05, 4.69) is 0 Å². The summed E-state index contributed by atoms with van der Waals surface area (Å²) in [6, 6.07) is 0. The molecule has 8 rings (SSSR count). The van der Waals surface area contributed by atoms with Gasteiger partial charge in [-0.3, -0.25) is 0 Å². The van der Waals surface area contributed by atoms with Crippen molar-refractivity contribution in [2.75, 3.05) is 52.9 Å². The molecule has 0 saturated carbocycles. The molecule has 41 nitrogen and oxygen atoms in total. The third-order valence-electron chi connectivity index (χ3n) is 16.6. The number of hydrogen-bond donors (Lipinski definition) is 26. The molecule has 0 aromatic carbocycles. The van der Waals surface area contributed by atoms with Crippen molar-refractivity contribution in [1.29, 1.82) is 0 Å². The highest BCUT2D eigenvalue weighted by Crippen LogP contribution is 2.36. The minimum atomic E-state index is -2.27. The second-order valence-electron chi connectivity index (χ2n) is 22.5. The van der Waals surface area contributed by atoms with Gasteiger partial charge in [-0.1, -0.05) is 0 Å². The first-order valence-electron chi connectivity index (χ1n) is 28.2. The van der Waals surface area contributed by atoms with Gasteiger partial charge in [0.15, 0.2) is 50.3 Å². The van der Waals surface area contributed by atoms with Gasteiger partial charge >= 0.3 is 0 Å². The zero-order valence-corrected chi connectivity index (χ0v) is 46.5. The number of rotatable bonds is 22. The quantitative estimate of drug-likeness (QED) is 0.0479. The number of aliphatic hydroxyl groups excluding tert-OH is 26. The van der Waals surface area contributed by atoms with Crippen LogP contribution in [0.1, 0.15) is 0 Å². The van der Waals surface area contributed by atoms with E-state index in [1.807, 2.05) is 0 Å². The fourth-order valence-electron chi connectivity index (χ4n) is 11.1. The Hall–Kier alpha value is -1.64. The van der Waals surface area contributed by atoms with E-state index >= 15 is 0 Å². The summed E-state index contributed by atoms with van der Waals surface area (Å²) in [5.41, 5.74) is 0. The van der Waals surface area contributed by atoms with Gasteiger partial charge in [-0.25, -0.2) is 0 Å². The Morgan fingerprint density at radius 2 is 0.393 bits per heavy atom. The molecule has 8 aliphatic heterocycles. The molecular weight excluding hydrogens is 1230 g/mol. The highest BCUT2D eigenvalue weighted by molar-refractivity contribution is 5.00. The van der Waals surface area contributed by atoms with Crippen molar-refractivity contribution < 1.29 is 204 Å². The van der Waals surface area contributed by atoms with E-state index in [1.165, 1.54) is 0 Å². The van der Waals surface area contributed by atoms with E-state index in [-0.39, 0.29) is 0 Å². The van der Waals surface area contributed by atoms with Crippen molar-refractivity contribution in [1.82, 2.24) is 0 Å². The molecular formula is C48H82O41. The molecule has 26 N–H and O–H groups in total. The molecule has 8 fully saturated rings. The predicted octanol–water partition coefficient (Wildman–Crippen LogP) is -18.5. The monoisotopic (exact) mass is 1310 g/mol. The highest BCUT2D eigenvalue weighted by atomic mass is 16.8. The summed E-state index contributed by atoms with van der Waals surface area (Å²) in [6.07, 6.45) is -79.5. The lowest BCUT2D eigenvalue weighted by molar-refractivity contribution is -0.385. The van der Waals surface area contributed by atoms with Crippen LogP contribution in [0.15, 0.2) is 0 Å². The Kier molecular flexibility index (Phi) is 25.9. The lowest BCUT2D eigenvalue weighted by atomic mass is 9.96. The molecule has 8 aliphatic rings. The average molecular weight is 1320 g/mol. The smallest absolute Gasteiger partial charge is 0.187 e. The average Bonchev–Trinajstić information content (AvgIpc) is 2.03. The Bertz CT molecular complexity index is 2130. The van der Waals surface area contributed by atoms with E-state index in [1.54, 1.807) is 0 Å². The van der Waals surface area contributed by atoms with E-state index in [0.29, 0.717) is 0 Å². The standard InChI is InChI=1S/C48H82O41/c49-1-9-17(53)26(62)31(67)42(80-9)75-7-15-23(59)39(88-47-34(70)28(64)19(55)11(3-51)82-47)35(71)45(86-15)78-6-14-21(57)29(65)32(68)43(84-14)76-8-16-24(60)40(36(72)44(85-16)77-5-13-20(56)25(61)30(66)41(74)79-13)89-48-37(73)38(22(58)12(4-52)83-48)87-46-33(69)27(63)18(54)10(2-50)81-46/h9-74H,1-8H2/t9-,10-,11-,12-,13-,14-,15-,16-,17-,18-,19-,20-,21-,22-,23-,24-,25+,26+,27+,28+,29+,30-,31-,32-,33-,34-,35-,36-,37-,38+,39+,40+,41?,42-,43-,44-,45-,46+,47+,48+/m1/s1. The van der Waals surface area contributed by atoms with Crippen molar-refractivity contribution >= 4 is 0 Å². The van der Waals surface area contributed by atoms with Gasteiger partial charge < -0.3 is 204 Å². The van der Waals surface area contributed by atoms with Gasteiger partial charge in [0.05, 0.1) is 52.9 Å². The molecule has 520 valence electrons. The number of aliphatic hydroxyl groups is 26. The highest BCUT2D eigenvalue weighted by Gasteiger charge is 2.57. The molecule has 0 spiro atoms. The van der Waals surface area contributed by atoms with Gasteiger partial charge in [0.1, 0.15) is 195 Å². The van der Waals surface area contributed by atoms with Gasteiger partial charge in [-0.2, -0.15) is 0 Å². The maximum absolute atomic E-state index is 11.8. The van der Waals surface area contributed by atoms with Gasteiger partial charge in [0.25, 0.3) is 0 Å². The van der Waals surface area contributed by atoms with Crippen LogP contribution in [0.5, 0.6) is 0 Å².